The molecule has 0 aliphatic carbocycles. The van der Waals surface area contributed by atoms with Crippen LogP contribution in [0.2, 0.25) is 0 Å². The van der Waals surface area contributed by atoms with Crippen molar-refractivity contribution in [1.29, 1.82) is 5.26 Å². The molecule has 0 radical (unpaired) electrons. The summed E-state index contributed by atoms with van der Waals surface area (Å²) in [6.45, 7) is 2.31. The van der Waals surface area contributed by atoms with E-state index >= 15 is 0 Å². The average molecular weight is 248 g/mol. The Balaban J connectivity index is 1.89. The first-order chi connectivity index (χ1) is 8.33. The molecule has 1 aliphatic heterocycles. The second kappa shape index (κ2) is 5.95. The molecule has 1 fully saturated rings. The molecule has 1 aromatic carbocycles. The Kier molecular flexibility index (Phi) is 4.29. The maximum atomic E-state index is 8.89. The Morgan fingerprint density at radius 3 is 2.94 bits per heavy atom. The minimum Gasteiger partial charge on any atom is -0.495 e. The Morgan fingerprint density at radius 2 is 2.35 bits per heavy atom. The number of methoxy groups -OCH3 is 1. The van der Waals surface area contributed by atoms with E-state index in [1.807, 2.05) is 30.0 Å². The van der Waals surface area contributed by atoms with Gasteiger partial charge in [-0.05, 0) is 42.5 Å². The van der Waals surface area contributed by atoms with Crippen molar-refractivity contribution in [1.82, 2.24) is 5.32 Å². The third-order valence-electron chi connectivity index (χ3n) is 2.87. The smallest absolute Gasteiger partial charge is 0.136 e. The number of benzene rings is 1. The molecule has 0 aromatic heterocycles. The second-order valence-corrected chi connectivity index (χ2v) is 5.22. The van der Waals surface area contributed by atoms with E-state index in [-0.39, 0.29) is 0 Å². The maximum Gasteiger partial charge on any atom is 0.136 e. The number of thioether (sulfide) groups is 1. The summed E-state index contributed by atoms with van der Waals surface area (Å²) in [5.41, 5.74) is 1.82. The van der Waals surface area contributed by atoms with Crippen molar-refractivity contribution in [2.45, 2.75) is 5.75 Å². The Morgan fingerprint density at radius 1 is 1.53 bits per heavy atom. The predicted molar refractivity (Wildman–Crippen MR) is 70.2 cm³/mol. The molecule has 0 amide bonds. The van der Waals surface area contributed by atoms with Crippen LogP contribution >= 0.6 is 11.8 Å². The van der Waals surface area contributed by atoms with Gasteiger partial charge in [0.1, 0.15) is 11.8 Å². The number of rotatable bonds is 5. The van der Waals surface area contributed by atoms with Crippen LogP contribution in [0.25, 0.3) is 0 Å². The topological polar surface area (TPSA) is 45.0 Å². The van der Waals surface area contributed by atoms with Crippen LogP contribution in [0.4, 0.5) is 0 Å². The van der Waals surface area contributed by atoms with Gasteiger partial charge < -0.3 is 10.1 Å². The van der Waals surface area contributed by atoms with E-state index in [2.05, 4.69) is 11.4 Å². The van der Waals surface area contributed by atoms with Gasteiger partial charge in [0, 0.05) is 5.75 Å². The molecule has 1 heterocycles. The van der Waals surface area contributed by atoms with Crippen molar-refractivity contribution in [2.75, 3.05) is 26.0 Å². The van der Waals surface area contributed by atoms with Gasteiger partial charge in [0.15, 0.2) is 0 Å². The molecule has 0 spiro atoms. The quantitative estimate of drug-likeness (QED) is 0.866. The summed E-state index contributed by atoms with van der Waals surface area (Å²) < 4.78 is 5.19. The van der Waals surface area contributed by atoms with Crippen molar-refractivity contribution in [2.24, 2.45) is 5.92 Å². The Labute approximate surface area is 106 Å². The van der Waals surface area contributed by atoms with Crippen LogP contribution in [0, 0.1) is 17.2 Å². The summed E-state index contributed by atoms with van der Waals surface area (Å²) >= 11 is 1.94. The SMILES string of the molecule is COc1cc(CSCC2CNC2)ccc1C#N. The van der Waals surface area contributed by atoms with E-state index in [0.29, 0.717) is 11.3 Å². The normalized spacial score (nSPS) is 15.1. The highest BCUT2D eigenvalue weighted by atomic mass is 32.2. The van der Waals surface area contributed by atoms with E-state index in [1.54, 1.807) is 7.11 Å². The number of nitrogens with zero attached hydrogens (tertiary/aromatic N) is 1. The lowest BCUT2D eigenvalue weighted by Gasteiger charge is -2.26. The van der Waals surface area contributed by atoms with E-state index in [0.717, 1.165) is 24.8 Å². The molecular formula is C13H16N2OS. The van der Waals surface area contributed by atoms with Crippen molar-refractivity contribution in [3.05, 3.63) is 29.3 Å². The summed E-state index contributed by atoms with van der Waals surface area (Å²) in [6.07, 6.45) is 0. The second-order valence-electron chi connectivity index (χ2n) is 4.19. The fourth-order valence-corrected chi connectivity index (χ4v) is 2.83. The van der Waals surface area contributed by atoms with Crippen molar-refractivity contribution in [3.63, 3.8) is 0 Å². The molecule has 0 saturated carbocycles. The lowest BCUT2D eigenvalue weighted by molar-refractivity contribution is 0.385. The number of hydrogen-bond donors (Lipinski definition) is 1. The van der Waals surface area contributed by atoms with E-state index in [9.17, 15) is 0 Å². The molecule has 0 bridgehead atoms. The van der Waals surface area contributed by atoms with Crippen LogP contribution in [-0.4, -0.2) is 26.0 Å². The molecule has 1 aromatic rings. The first-order valence-electron chi connectivity index (χ1n) is 5.69. The molecule has 4 heteroatoms. The van der Waals surface area contributed by atoms with Crippen LogP contribution in [0.1, 0.15) is 11.1 Å². The van der Waals surface area contributed by atoms with E-state index < -0.39 is 0 Å². The summed E-state index contributed by atoms with van der Waals surface area (Å²) in [4.78, 5) is 0. The van der Waals surface area contributed by atoms with Crippen molar-refractivity contribution in [3.8, 4) is 11.8 Å². The van der Waals surface area contributed by atoms with Crippen LogP contribution in [0.15, 0.2) is 18.2 Å². The monoisotopic (exact) mass is 248 g/mol. The third-order valence-corrected chi connectivity index (χ3v) is 4.12. The summed E-state index contributed by atoms with van der Waals surface area (Å²) in [5, 5.41) is 12.2. The Bertz CT molecular complexity index is 424. The first-order valence-corrected chi connectivity index (χ1v) is 6.84. The van der Waals surface area contributed by atoms with E-state index in [1.165, 1.54) is 11.3 Å². The molecule has 2 rings (SSSR count). The summed E-state index contributed by atoms with van der Waals surface area (Å²) in [6, 6.07) is 7.93. The van der Waals surface area contributed by atoms with Crippen LogP contribution in [-0.2, 0) is 5.75 Å². The van der Waals surface area contributed by atoms with Crippen molar-refractivity contribution < 1.29 is 4.74 Å². The fourth-order valence-electron chi connectivity index (χ4n) is 1.73. The molecule has 1 aliphatic rings. The Hall–Kier alpha value is -1.18. The minimum absolute atomic E-state index is 0.601. The molecule has 1 saturated heterocycles. The van der Waals surface area contributed by atoms with Crippen LogP contribution in [0.3, 0.4) is 0 Å². The van der Waals surface area contributed by atoms with Crippen LogP contribution < -0.4 is 10.1 Å². The molecule has 0 unspecified atom stereocenters. The zero-order valence-electron chi connectivity index (χ0n) is 9.90. The maximum absolute atomic E-state index is 8.89. The number of nitriles is 1. The van der Waals surface area contributed by atoms with Gasteiger partial charge in [0.25, 0.3) is 0 Å². The van der Waals surface area contributed by atoms with Gasteiger partial charge in [0.2, 0.25) is 0 Å². The highest BCUT2D eigenvalue weighted by Crippen LogP contribution is 2.23. The van der Waals surface area contributed by atoms with Gasteiger partial charge in [-0.25, -0.2) is 0 Å². The van der Waals surface area contributed by atoms with Gasteiger partial charge >= 0.3 is 0 Å². The highest BCUT2D eigenvalue weighted by molar-refractivity contribution is 7.98. The van der Waals surface area contributed by atoms with Crippen LogP contribution in [0.5, 0.6) is 5.75 Å². The molecule has 0 atom stereocenters. The van der Waals surface area contributed by atoms with Gasteiger partial charge in [-0.2, -0.15) is 17.0 Å². The van der Waals surface area contributed by atoms with E-state index in [4.69, 9.17) is 10.00 Å². The molecular weight excluding hydrogens is 232 g/mol. The standard InChI is InChI=1S/C13H16N2OS/c1-16-13-4-10(2-3-12(13)5-14)8-17-9-11-6-15-7-11/h2-4,11,15H,6-9H2,1H3. The van der Waals surface area contributed by atoms with Gasteiger partial charge in [0.05, 0.1) is 12.7 Å². The summed E-state index contributed by atoms with van der Waals surface area (Å²) in [5.74, 6) is 3.70. The zero-order valence-corrected chi connectivity index (χ0v) is 10.7. The first kappa shape index (κ1) is 12.3. The predicted octanol–water partition coefficient (Wildman–Crippen LogP) is 2.02. The minimum atomic E-state index is 0.601. The summed E-state index contributed by atoms with van der Waals surface area (Å²) in [7, 11) is 1.60. The highest BCUT2D eigenvalue weighted by Gasteiger charge is 2.16. The number of hydrogen-bond acceptors (Lipinski definition) is 4. The lowest BCUT2D eigenvalue weighted by atomic mass is 10.1. The number of nitrogens with one attached hydrogen (secondary N) is 1. The van der Waals surface area contributed by atoms with Gasteiger partial charge in [-0.3, -0.25) is 0 Å². The largest absolute Gasteiger partial charge is 0.495 e. The van der Waals surface area contributed by atoms with Gasteiger partial charge in [-0.15, -0.1) is 0 Å². The lowest BCUT2D eigenvalue weighted by Crippen LogP contribution is -2.43. The molecule has 90 valence electrons. The molecule has 1 N–H and O–H groups in total. The third kappa shape index (κ3) is 3.15. The fraction of sp³-hybridized carbons (Fsp3) is 0.462. The van der Waals surface area contributed by atoms with Gasteiger partial charge in [-0.1, -0.05) is 6.07 Å². The molecule has 17 heavy (non-hydrogen) atoms. The number of ether oxygens (including phenoxy) is 1. The van der Waals surface area contributed by atoms with Crippen molar-refractivity contribution >= 4 is 11.8 Å². The average Bonchev–Trinajstić information content (AvgIpc) is 2.32. The zero-order chi connectivity index (χ0) is 12.1. The molecule has 3 nitrogen and oxygen atoms in total.